The molecular weight excluding hydrogens is 585 g/mol. The number of H-pyrrole nitrogens is 1. The molecule has 0 bridgehead atoms. The van der Waals surface area contributed by atoms with Crippen molar-refractivity contribution in [1.29, 1.82) is 0 Å². The largest absolute Gasteiger partial charge is 0.772 e. The maximum Gasteiger partial charge on any atom is 0.417 e. The fourth-order valence-corrected chi connectivity index (χ4v) is 6.04. The van der Waals surface area contributed by atoms with E-state index in [4.69, 9.17) is 22.1 Å². The lowest BCUT2D eigenvalue weighted by Crippen LogP contribution is -2.42. The van der Waals surface area contributed by atoms with Gasteiger partial charge in [-0.2, -0.15) is 18.2 Å². The molecule has 10 nitrogen and oxygen atoms in total. The number of benzene rings is 2. The smallest absolute Gasteiger partial charge is 0.417 e. The Morgan fingerprint density at radius 2 is 1.85 bits per heavy atom. The second kappa shape index (κ2) is 11.9. The fourth-order valence-electron chi connectivity index (χ4n) is 4.75. The van der Waals surface area contributed by atoms with Crippen molar-refractivity contribution in [1.82, 2.24) is 20.1 Å². The number of aromatic nitrogens is 3. The Morgan fingerprint density at radius 3 is 2.37 bits per heavy atom. The number of carbonyl (C=O) groups is 1. The summed E-state index contributed by atoms with van der Waals surface area (Å²) in [5, 5.41) is 7.67. The summed E-state index contributed by atoms with van der Waals surface area (Å²) in [5.74, 6) is -0.336. The Kier molecular flexibility index (Phi) is 8.85. The van der Waals surface area contributed by atoms with Gasteiger partial charge in [-0.1, -0.05) is 35.9 Å². The van der Waals surface area contributed by atoms with Crippen LogP contribution in [0.1, 0.15) is 50.0 Å². The summed E-state index contributed by atoms with van der Waals surface area (Å²) in [6.45, 7) is 5.96. The van der Waals surface area contributed by atoms with Gasteiger partial charge in [0.25, 0.3) is 0 Å². The molecule has 0 spiro atoms. The number of ether oxygens (including phenoxy) is 1. The molecule has 4 N–H and O–H groups in total. The van der Waals surface area contributed by atoms with E-state index < -0.39 is 39.8 Å². The Morgan fingerprint density at radius 1 is 1.22 bits per heavy atom. The number of rotatable bonds is 6. The summed E-state index contributed by atoms with van der Waals surface area (Å²) < 4.78 is 72.3. The lowest BCUT2D eigenvalue weighted by Gasteiger charge is -2.37. The van der Waals surface area contributed by atoms with Crippen LogP contribution < -0.4 is 11.1 Å². The lowest BCUT2D eigenvalue weighted by atomic mass is 9.88. The average molecular weight is 614 g/mol. The van der Waals surface area contributed by atoms with Crippen molar-refractivity contribution in [2.75, 3.05) is 24.1 Å². The Hall–Kier alpha value is -3.36. The minimum atomic E-state index is -4.76. The molecule has 1 aliphatic heterocycles. The minimum Gasteiger partial charge on any atom is -0.772 e. The highest BCUT2D eigenvalue weighted by atomic mass is 35.5. The molecular formula is C26H29ClF3N6O4S-. The zero-order chi connectivity index (χ0) is 30.1. The summed E-state index contributed by atoms with van der Waals surface area (Å²) in [6.07, 6.45) is -4.36. The fraction of sp³-hybridized carbons (Fsp3) is 0.423. The van der Waals surface area contributed by atoms with E-state index in [0.717, 1.165) is 6.07 Å². The number of hydrogen-bond donors (Lipinski definition) is 3. The van der Waals surface area contributed by atoms with E-state index in [9.17, 15) is 26.7 Å². The number of hydrogen-bond acceptors (Lipinski definition) is 8. The Labute approximate surface area is 242 Å². The van der Waals surface area contributed by atoms with Gasteiger partial charge in [0, 0.05) is 29.6 Å². The topological polar surface area (TPSA) is 149 Å². The van der Waals surface area contributed by atoms with Crippen LogP contribution in [0, 0.1) is 5.92 Å². The molecule has 1 aliphatic rings. The number of piperidine rings is 1. The van der Waals surface area contributed by atoms with Crippen molar-refractivity contribution < 1.29 is 31.5 Å². The molecule has 1 aromatic heterocycles. The van der Waals surface area contributed by atoms with Crippen LogP contribution in [0.15, 0.2) is 36.4 Å². The summed E-state index contributed by atoms with van der Waals surface area (Å²) in [7, 11) is 0. The third-order valence-corrected chi connectivity index (χ3v) is 7.88. The molecule has 41 heavy (non-hydrogen) atoms. The molecule has 1 saturated heterocycles. The Bertz CT molecular complexity index is 1420. The van der Waals surface area contributed by atoms with Crippen molar-refractivity contribution in [3.05, 3.63) is 52.5 Å². The molecule has 0 saturated carbocycles. The highest BCUT2D eigenvalue weighted by Crippen LogP contribution is 2.44. The third kappa shape index (κ3) is 7.49. The van der Waals surface area contributed by atoms with Crippen LogP contribution in [0.2, 0.25) is 5.02 Å². The van der Waals surface area contributed by atoms with E-state index in [1.807, 2.05) is 0 Å². The highest BCUT2D eigenvalue weighted by Gasteiger charge is 2.36. The van der Waals surface area contributed by atoms with Gasteiger partial charge in [0.15, 0.2) is 0 Å². The first kappa shape index (κ1) is 30.6. The monoisotopic (exact) mass is 613 g/mol. The predicted molar refractivity (Wildman–Crippen MR) is 148 cm³/mol. The van der Waals surface area contributed by atoms with Crippen LogP contribution in [0.3, 0.4) is 0 Å². The molecule has 1 amide bonds. The van der Waals surface area contributed by atoms with Gasteiger partial charge in [-0.15, -0.1) is 5.10 Å². The maximum atomic E-state index is 14.1. The molecule has 3 aromatic rings. The summed E-state index contributed by atoms with van der Waals surface area (Å²) in [5.41, 5.74) is 4.16. The molecule has 1 fully saturated rings. The maximum absolute atomic E-state index is 14.1. The van der Waals surface area contributed by atoms with Crippen LogP contribution in [0.4, 0.5) is 35.5 Å². The van der Waals surface area contributed by atoms with Crippen LogP contribution in [0.25, 0.3) is 11.1 Å². The summed E-state index contributed by atoms with van der Waals surface area (Å²) in [6, 6.07) is 8.02. The lowest BCUT2D eigenvalue weighted by molar-refractivity contribution is -0.137. The van der Waals surface area contributed by atoms with Crippen LogP contribution in [0.5, 0.6) is 0 Å². The molecule has 2 heterocycles. The number of carbonyl (C=O) groups excluding carboxylic acids is 1. The van der Waals surface area contributed by atoms with Gasteiger partial charge < -0.3 is 25.2 Å². The number of nitrogens with zero attached hydrogens (tertiary/aromatic N) is 3. The van der Waals surface area contributed by atoms with Crippen molar-refractivity contribution in [3.63, 3.8) is 0 Å². The van der Waals surface area contributed by atoms with E-state index in [1.165, 1.54) is 30.3 Å². The molecule has 4 rings (SSSR count). The van der Waals surface area contributed by atoms with Gasteiger partial charge in [0.2, 0.25) is 11.9 Å². The molecule has 0 aliphatic carbocycles. The van der Waals surface area contributed by atoms with Crippen molar-refractivity contribution in [2.24, 2.45) is 5.92 Å². The van der Waals surface area contributed by atoms with E-state index in [1.54, 1.807) is 25.7 Å². The first-order valence-electron chi connectivity index (χ1n) is 12.6. The van der Waals surface area contributed by atoms with Gasteiger partial charge in [-0.25, -0.2) is 9.89 Å². The minimum absolute atomic E-state index is 0.00114. The van der Waals surface area contributed by atoms with E-state index in [2.05, 4.69) is 20.5 Å². The number of amides is 1. The average Bonchev–Trinajstić information content (AvgIpc) is 3.27. The molecule has 222 valence electrons. The molecule has 15 heteroatoms. The number of nitrogen functional groups attached to an aromatic ring is 1. The number of nitrogens with one attached hydrogen (secondary N) is 2. The van der Waals surface area contributed by atoms with Gasteiger partial charge in [0.05, 0.1) is 10.6 Å². The first-order chi connectivity index (χ1) is 19.1. The number of anilines is 3. The number of halogens is 4. The standard InChI is InChI=1S/C26H30ClF3N6O4S/c1-25(2,3)40-24(37)36-10-8-16(9-11-36)21(41(38)39)15-6-4-14(5-7-15)20-18(26(28,29)30)12-17(13-19(20)27)32-23-33-22(31)34-35-23/h4-7,12-13,16,21H,8-11H2,1-3H3,(H,38,39)(H4,31,32,33,34,35)/p-1. The SMILES string of the molecule is CC(C)(C)OC(=O)N1CCC(C(c2ccc(-c3c(Cl)cc(Nc4n[nH]c(N)n4)cc3C(F)(F)F)cc2)S(=O)[O-])CC1. The van der Waals surface area contributed by atoms with E-state index in [-0.39, 0.29) is 39.7 Å². The summed E-state index contributed by atoms with van der Waals surface area (Å²) >= 11 is 3.84. The number of nitrogens with two attached hydrogens (primary N) is 1. The van der Waals surface area contributed by atoms with Crippen LogP contribution in [-0.4, -0.2) is 53.6 Å². The third-order valence-electron chi connectivity index (χ3n) is 6.51. The number of aromatic amines is 1. The van der Waals surface area contributed by atoms with Gasteiger partial charge in [-0.3, -0.25) is 4.21 Å². The highest BCUT2D eigenvalue weighted by molar-refractivity contribution is 7.79. The van der Waals surface area contributed by atoms with Crippen molar-refractivity contribution in [3.8, 4) is 11.1 Å². The number of alkyl halides is 3. The van der Waals surface area contributed by atoms with Crippen LogP contribution >= 0.6 is 11.6 Å². The quantitative estimate of drug-likeness (QED) is 0.285. The van der Waals surface area contributed by atoms with Crippen molar-refractivity contribution in [2.45, 2.75) is 50.6 Å². The number of likely N-dealkylation sites (tertiary alicyclic amines) is 1. The zero-order valence-electron chi connectivity index (χ0n) is 22.4. The van der Waals surface area contributed by atoms with Gasteiger partial charge in [0.1, 0.15) is 5.60 Å². The summed E-state index contributed by atoms with van der Waals surface area (Å²) in [4.78, 5) is 17.7. The van der Waals surface area contributed by atoms with E-state index in [0.29, 0.717) is 31.5 Å². The first-order valence-corrected chi connectivity index (χ1v) is 14.2. The molecule has 2 aromatic carbocycles. The Balaban J connectivity index is 1.56. The predicted octanol–water partition coefficient (Wildman–Crippen LogP) is 6.04. The van der Waals surface area contributed by atoms with Gasteiger partial charge in [-0.05, 0) is 73.9 Å². The second-order valence-electron chi connectivity index (χ2n) is 10.7. The van der Waals surface area contributed by atoms with Crippen LogP contribution in [-0.2, 0) is 22.0 Å². The zero-order valence-corrected chi connectivity index (χ0v) is 24.0. The normalized spacial score (nSPS) is 16.3. The van der Waals surface area contributed by atoms with Gasteiger partial charge >= 0.3 is 12.3 Å². The second-order valence-corrected chi connectivity index (χ2v) is 12.1. The van der Waals surface area contributed by atoms with E-state index >= 15 is 0 Å². The van der Waals surface area contributed by atoms with Crippen molar-refractivity contribution >= 4 is 46.4 Å². The molecule has 0 radical (unpaired) electrons. The molecule has 2 atom stereocenters. The molecule has 2 unspecified atom stereocenters.